The lowest BCUT2D eigenvalue weighted by Crippen LogP contribution is -2.63. The van der Waals surface area contributed by atoms with Crippen molar-refractivity contribution in [2.45, 2.75) is 56.4 Å². The summed E-state index contributed by atoms with van der Waals surface area (Å²) in [5, 5.41) is 0. The number of anilines is 1. The number of methoxy groups -OCH3 is 2. The summed E-state index contributed by atoms with van der Waals surface area (Å²) in [5.41, 5.74) is 1.36. The SMILES string of the molecule is COC(=O)C1=C(C(=O)OC)C2N(C)c3ccc(I)cc3[C@@]23CCC(=O)N(CC2CCCCC2)C3=N1. The molecule has 1 aromatic rings. The van der Waals surface area contributed by atoms with Crippen molar-refractivity contribution >= 4 is 52.0 Å². The predicted molar refractivity (Wildman–Crippen MR) is 139 cm³/mol. The monoisotopic (exact) mass is 591 g/mol. The summed E-state index contributed by atoms with van der Waals surface area (Å²) in [5.74, 6) is -0.342. The standard InChI is InChI=1S/C26H30IN3O5/c1-29-18-10-9-16(27)13-17(18)26-12-11-19(31)30(14-15-7-5-4-6-8-15)25(26)28-21(24(33)35-3)20(22(26)29)23(32)34-2/h9-10,13,15,22H,4-8,11-12,14H2,1-3H3/t22?,26-/m0/s1. The number of hydrogen-bond donors (Lipinski definition) is 0. The van der Waals surface area contributed by atoms with Gasteiger partial charge in [-0.3, -0.25) is 9.69 Å². The number of fused-ring (bicyclic) bond motifs is 1. The fraction of sp³-hybridized carbons (Fsp3) is 0.538. The van der Waals surface area contributed by atoms with Gasteiger partial charge < -0.3 is 14.4 Å². The van der Waals surface area contributed by atoms with Gasteiger partial charge in [0.25, 0.3) is 0 Å². The average Bonchev–Trinajstić information content (AvgIpc) is 3.12. The maximum absolute atomic E-state index is 13.4. The van der Waals surface area contributed by atoms with Crippen molar-refractivity contribution in [3.63, 3.8) is 0 Å². The van der Waals surface area contributed by atoms with Crippen molar-refractivity contribution in [2.75, 3.05) is 32.7 Å². The lowest BCUT2D eigenvalue weighted by atomic mass is 9.65. The smallest absolute Gasteiger partial charge is 0.357 e. The number of carbonyl (C=O) groups excluding carboxylic acids is 3. The predicted octanol–water partition coefficient (Wildman–Crippen LogP) is 3.56. The minimum atomic E-state index is -0.741. The zero-order valence-electron chi connectivity index (χ0n) is 20.3. The molecule has 1 aliphatic carbocycles. The summed E-state index contributed by atoms with van der Waals surface area (Å²) in [6.45, 7) is 0.580. The molecule has 2 fully saturated rings. The van der Waals surface area contributed by atoms with Gasteiger partial charge >= 0.3 is 11.9 Å². The second-order valence-electron chi connectivity index (χ2n) is 9.84. The summed E-state index contributed by atoms with van der Waals surface area (Å²) >= 11 is 2.29. The van der Waals surface area contributed by atoms with Gasteiger partial charge in [0.2, 0.25) is 5.91 Å². The first kappa shape index (κ1) is 24.3. The van der Waals surface area contributed by atoms with E-state index in [9.17, 15) is 14.4 Å². The number of benzene rings is 1. The Kier molecular flexibility index (Phi) is 6.39. The van der Waals surface area contributed by atoms with Crippen molar-refractivity contribution in [3.05, 3.63) is 38.6 Å². The van der Waals surface area contributed by atoms with Crippen LogP contribution in [-0.2, 0) is 29.3 Å². The summed E-state index contributed by atoms with van der Waals surface area (Å²) in [4.78, 5) is 48.2. The van der Waals surface area contributed by atoms with Gasteiger partial charge in [-0.25, -0.2) is 14.6 Å². The second kappa shape index (κ2) is 9.22. The molecule has 0 N–H and O–H groups in total. The first-order valence-corrected chi connectivity index (χ1v) is 13.2. The molecule has 1 saturated carbocycles. The molecular formula is C26H30IN3O5. The van der Waals surface area contributed by atoms with Crippen LogP contribution in [0, 0.1) is 9.49 Å². The van der Waals surface area contributed by atoms with Gasteiger partial charge in [-0.15, -0.1) is 0 Å². The van der Waals surface area contributed by atoms with Crippen LogP contribution in [0.4, 0.5) is 5.69 Å². The number of amides is 1. The van der Waals surface area contributed by atoms with E-state index in [1.807, 2.05) is 29.0 Å². The third-order valence-electron chi connectivity index (χ3n) is 8.06. The molecule has 1 aromatic carbocycles. The highest BCUT2D eigenvalue weighted by Crippen LogP contribution is 2.55. The minimum Gasteiger partial charge on any atom is -0.466 e. The van der Waals surface area contributed by atoms with Crippen LogP contribution in [0.5, 0.6) is 0 Å². The number of rotatable bonds is 4. The molecule has 0 aromatic heterocycles. The Morgan fingerprint density at radius 1 is 1.14 bits per heavy atom. The van der Waals surface area contributed by atoms with Gasteiger partial charge in [-0.2, -0.15) is 0 Å². The van der Waals surface area contributed by atoms with E-state index in [0.29, 0.717) is 31.1 Å². The topological polar surface area (TPSA) is 88.5 Å². The van der Waals surface area contributed by atoms with Crippen LogP contribution < -0.4 is 4.90 Å². The van der Waals surface area contributed by atoms with E-state index in [-0.39, 0.29) is 17.2 Å². The molecule has 1 unspecified atom stereocenters. The number of likely N-dealkylation sites (N-methyl/N-ethyl adjacent to an activating group) is 1. The molecule has 5 rings (SSSR count). The third kappa shape index (κ3) is 3.68. The molecule has 4 aliphatic rings. The molecule has 35 heavy (non-hydrogen) atoms. The number of amidine groups is 1. The Bertz CT molecular complexity index is 1160. The van der Waals surface area contributed by atoms with E-state index in [0.717, 1.165) is 40.5 Å². The normalized spacial score (nSPS) is 26.1. The quantitative estimate of drug-likeness (QED) is 0.393. The van der Waals surface area contributed by atoms with Crippen LogP contribution in [0.1, 0.15) is 50.5 Å². The highest BCUT2D eigenvalue weighted by Gasteiger charge is 2.62. The van der Waals surface area contributed by atoms with E-state index >= 15 is 0 Å². The molecule has 1 amide bonds. The Morgan fingerprint density at radius 3 is 2.54 bits per heavy atom. The van der Waals surface area contributed by atoms with Crippen LogP contribution in [0.15, 0.2) is 34.5 Å². The number of ether oxygens (including phenoxy) is 2. The van der Waals surface area contributed by atoms with Gasteiger partial charge in [0.05, 0.1) is 31.2 Å². The molecule has 2 atom stereocenters. The number of halogens is 1. The van der Waals surface area contributed by atoms with Gasteiger partial charge in [-0.1, -0.05) is 19.3 Å². The average molecular weight is 591 g/mol. The lowest BCUT2D eigenvalue weighted by Gasteiger charge is -2.49. The Balaban J connectivity index is 1.76. The molecule has 0 bridgehead atoms. The van der Waals surface area contributed by atoms with Gasteiger partial charge in [0.15, 0.2) is 5.70 Å². The Morgan fingerprint density at radius 2 is 1.86 bits per heavy atom. The third-order valence-corrected chi connectivity index (χ3v) is 8.73. The molecule has 1 saturated heterocycles. The highest BCUT2D eigenvalue weighted by molar-refractivity contribution is 14.1. The number of hydrogen-bond acceptors (Lipinski definition) is 7. The number of esters is 2. The molecule has 8 nitrogen and oxygen atoms in total. The summed E-state index contributed by atoms with van der Waals surface area (Å²) in [7, 11) is 4.50. The molecule has 3 heterocycles. The van der Waals surface area contributed by atoms with Crippen LogP contribution in [0.3, 0.4) is 0 Å². The van der Waals surface area contributed by atoms with Crippen LogP contribution >= 0.6 is 22.6 Å². The maximum Gasteiger partial charge on any atom is 0.357 e. The number of aliphatic imine (C=N–C) groups is 1. The number of carbonyl (C=O) groups is 3. The van der Waals surface area contributed by atoms with Crippen molar-refractivity contribution in [2.24, 2.45) is 10.9 Å². The Labute approximate surface area is 218 Å². The second-order valence-corrected chi connectivity index (χ2v) is 11.1. The zero-order chi connectivity index (χ0) is 24.9. The van der Waals surface area contributed by atoms with Crippen molar-refractivity contribution in [3.8, 4) is 0 Å². The molecule has 9 heteroatoms. The fourth-order valence-corrected chi connectivity index (χ4v) is 6.99. The van der Waals surface area contributed by atoms with Gasteiger partial charge in [0.1, 0.15) is 5.84 Å². The summed E-state index contributed by atoms with van der Waals surface area (Å²) in [6.07, 6.45) is 6.56. The van der Waals surface area contributed by atoms with E-state index in [1.54, 1.807) is 0 Å². The van der Waals surface area contributed by atoms with E-state index in [2.05, 4.69) is 28.7 Å². The maximum atomic E-state index is 13.4. The largest absolute Gasteiger partial charge is 0.466 e. The van der Waals surface area contributed by atoms with E-state index in [1.165, 1.54) is 20.6 Å². The minimum absolute atomic E-state index is 0.0196. The van der Waals surface area contributed by atoms with E-state index < -0.39 is 23.4 Å². The lowest BCUT2D eigenvalue weighted by molar-refractivity contribution is -0.140. The number of piperidine rings is 1. The molecule has 1 spiro atoms. The van der Waals surface area contributed by atoms with Crippen LogP contribution in [-0.4, -0.2) is 62.4 Å². The molecular weight excluding hydrogens is 561 g/mol. The number of nitrogens with zero attached hydrogens (tertiary/aromatic N) is 3. The van der Waals surface area contributed by atoms with Crippen LogP contribution in [0.25, 0.3) is 0 Å². The van der Waals surface area contributed by atoms with Crippen LogP contribution in [0.2, 0.25) is 0 Å². The number of likely N-dealkylation sites (tertiary alicyclic amines) is 1. The van der Waals surface area contributed by atoms with E-state index in [4.69, 9.17) is 14.5 Å². The van der Waals surface area contributed by atoms with Crippen molar-refractivity contribution < 1.29 is 23.9 Å². The Hall–Kier alpha value is -2.43. The van der Waals surface area contributed by atoms with Crippen molar-refractivity contribution in [1.82, 2.24) is 4.90 Å². The highest BCUT2D eigenvalue weighted by atomic mass is 127. The first-order chi connectivity index (χ1) is 16.8. The molecule has 186 valence electrons. The zero-order valence-corrected chi connectivity index (χ0v) is 22.5. The first-order valence-electron chi connectivity index (χ1n) is 12.2. The van der Waals surface area contributed by atoms with Gasteiger partial charge in [0, 0.05) is 29.3 Å². The molecule has 0 radical (unpaired) electrons. The van der Waals surface area contributed by atoms with Crippen molar-refractivity contribution in [1.29, 1.82) is 0 Å². The molecule has 3 aliphatic heterocycles. The fourth-order valence-electron chi connectivity index (χ4n) is 6.50. The van der Waals surface area contributed by atoms with Gasteiger partial charge in [-0.05, 0) is 71.5 Å². The summed E-state index contributed by atoms with van der Waals surface area (Å²) < 4.78 is 11.3. The summed E-state index contributed by atoms with van der Waals surface area (Å²) in [6, 6.07) is 5.65.